The highest BCUT2D eigenvalue weighted by Gasteiger charge is 2.14. The van der Waals surface area contributed by atoms with Gasteiger partial charge in [0.25, 0.3) is 0 Å². The maximum Gasteiger partial charge on any atom is 0.224 e. The molecule has 1 amide bonds. The van der Waals surface area contributed by atoms with E-state index in [0.29, 0.717) is 40.9 Å². The molecule has 0 heterocycles. The average Bonchev–Trinajstić information content (AvgIpc) is 2.78. The number of hydrogen-bond acceptors (Lipinski definition) is 5. The molecule has 0 radical (unpaired) electrons. The summed E-state index contributed by atoms with van der Waals surface area (Å²) in [5.41, 5.74) is 1.49. The number of methoxy groups -OCH3 is 3. The topological polar surface area (TPSA) is 66.0 Å². The van der Waals surface area contributed by atoms with Crippen molar-refractivity contribution >= 4 is 11.6 Å². The number of ether oxygens (including phenoxy) is 4. The minimum absolute atomic E-state index is 0.154. The van der Waals surface area contributed by atoms with Crippen LogP contribution in [0.5, 0.6) is 28.7 Å². The highest BCUT2D eigenvalue weighted by Crippen LogP contribution is 2.40. The fourth-order valence-corrected chi connectivity index (χ4v) is 3.04. The zero-order valence-electron chi connectivity index (χ0n) is 17.6. The van der Waals surface area contributed by atoms with Crippen LogP contribution in [0.3, 0.4) is 0 Å². The number of carbonyl (C=O) groups is 1. The minimum Gasteiger partial charge on any atom is -0.493 e. The van der Waals surface area contributed by atoms with Crippen LogP contribution in [0.15, 0.2) is 60.7 Å². The minimum atomic E-state index is -0.320. The number of benzene rings is 3. The Bertz CT molecular complexity index is 1010. The number of amides is 1. The first-order valence-corrected chi connectivity index (χ1v) is 9.64. The lowest BCUT2D eigenvalue weighted by Crippen LogP contribution is -2.12. The van der Waals surface area contributed by atoms with E-state index in [9.17, 15) is 9.18 Å². The molecule has 0 unspecified atom stereocenters. The largest absolute Gasteiger partial charge is 0.493 e. The normalized spacial score (nSPS) is 10.3. The van der Waals surface area contributed by atoms with Crippen LogP contribution in [0.1, 0.15) is 12.0 Å². The van der Waals surface area contributed by atoms with E-state index in [1.165, 1.54) is 33.5 Å². The Morgan fingerprint density at radius 1 is 0.871 bits per heavy atom. The molecule has 0 aliphatic heterocycles. The molecule has 0 fully saturated rings. The lowest BCUT2D eigenvalue weighted by Gasteiger charge is -2.14. The van der Waals surface area contributed by atoms with Gasteiger partial charge in [-0.2, -0.15) is 0 Å². The molecule has 0 saturated heterocycles. The van der Waals surface area contributed by atoms with Crippen LogP contribution in [0, 0.1) is 5.82 Å². The molecular formula is C24H24FNO5. The van der Waals surface area contributed by atoms with Gasteiger partial charge in [-0.05, 0) is 48.4 Å². The van der Waals surface area contributed by atoms with Gasteiger partial charge in [0, 0.05) is 24.2 Å². The number of carbonyl (C=O) groups excluding carboxylic acids is 1. The van der Waals surface area contributed by atoms with Crippen LogP contribution in [0.4, 0.5) is 10.1 Å². The van der Waals surface area contributed by atoms with Crippen molar-refractivity contribution in [2.75, 3.05) is 26.6 Å². The molecule has 3 rings (SSSR count). The second-order valence-corrected chi connectivity index (χ2v) is 6.67. The zero-order chi connectivity index (χ0) is 22.2. The summed E-state index contributed by atoms with van der Waals surface area (Å²) in [6.45, 7) is 0. The molecule has 7 heteroatoms. The lowest BCUT2D eigenvalue weighted by molar-refractivity contribution is -0.116. The van der Waals surface area contributed by atoms with Crippen molar-refractivity contribution < 1.29 is 28.1 Å². The standard InChI is InChI=1S/C24H24FNO5/c1-28-21-14-18(15-22(29-2)24(21)30-3)26-23(27)12-7-16-5-4-6-20(13-16)31-19-10-8-17(25)9-11-19/h4-6,8-11,13-15H,7,12H2,1-3H3,(H,26,27). The molecule has 0 saturated carbocycles. The molecular weight excluding hydrogens is 401 g/mol. The molecule has 0 aliphatic rings. The van der Waals surface area contributed by atoms with E-state index < -0.39 is 0 Å². The van der Waals surface area contributed by atoms with Gasteiger partial charge in [-0.1, -0.05) is 12.1 Å². The van der Waals surface area contributed by atoms with E-state index in [0.717, 1.165) is 5.56 Å². The Labute approximate surface area is 180 Å². The summed E-state index contributed by atoms with van der Waals surface area (Å²) in [6, 6.07) is 16.6. The Kier molecular flexibility index (Phi) is 7.32. The zero-order valence-corrected chi connectivity index (χ0v) is 17.6. The number of aryl methyl sites for hydroxylation is 1. The number of anilines is 1. The quantitative estimate of drug-likeness (QED) is 0.510. The van der Waals surface area contributed by atoms with E-state index in [1.54, 1.807) is 24.3 Å². The van der Waals surface area contributed by atoms with Gasteiger partial charge in [-0.3, -0.25) is 4.79 Å². The molecule has 1 N–H and O–H groups in total. The van der Waals surface area contributed by atoms with Gasteiger partial charge in [0.05, 0.1) is 21.3 Å². The van der Waals surface area contributed by atoms with Gasteiger partial charge in [0.15, 0.2) is 11.5 Å². The summed E-state index contributed by atoms with van der Waals surface area (Å²) in [4.78, 5) is 12.5. The maximum absolute atomic E-state index is 13.0. The van der Waals surface area contributed by atoms with Crippen molar-refractivity contribution in [1.29, 1.82) is 0 Å². The average molecular weight is 425 g/mol. The molecule has 6 nitrogen and oxygen atoms in total. The number of hydrogen-bond donors (Lipinski definition) is 1. The fourth-order valence-electron chi connectivity index (χ4n) is 3.04. The summed E-state index contributed by atoms with van der Waals surface area (Å²) in [5.74, 6) is 2.07. The molecule has 0 spiro atoms. The van der Waals surface area contributed by atoms with Crippen molar-refractivity contribution in [1.82, 2.24) is 0 Å². The third-order valence-electron chi connectivity index (χ3n) is 4.54. The Morgan fingerprint density at radius 2 is 1.55 bits per heavy atom. The number of halogens is 1. The predicted octanol–water partition coefficient (Wildman–Crippen LogP) is 5.22. The summed E-state index contributed by atoms with van der Waals surface area (Å²) in [7, 11) is 4.56. The second kappa shape index (κ2) is 10.3. The van der Waals surface area contributed by atoms with E-state index in [4.69, 9.17) is 18.9 Å². The van der Waals surface area contributed by atoms with E-state index >= 15 is 0 Å². The third-order valence-corrected chi connectivity index (χ3v) is 4.54. The molecule has 162 valence electrons. The molecule has 3 aromatic carbocycles. The molecule has 0 aliphatic carbocycles. The van der Waals surface area contributed by atoms with Crippen LogP contribution in [-0.2, 0) is 11.2 Å². The van der Waals surface area contributed by atoms with E-state index in [2.05, 4.69) is 5.32 Å². The first-order chi connectivity index (χ1) is 15.0. The SMILES string of the molecule is COc1cc(NC(=O)CCc2cccc(Oc3ccc(F)cc3)c2)cc(OC)c1OC. The van der Waals surface area contributed by atoms with E-state index in [-0.39, 0.29) is 18.1 Å². The molecule has 0 aromatic heterocycles. The molecule has 31 heavy (non-hydrogen) atoms. The van der Waals surface area contributed by atoms with Gasteiger partial charge in [0.1, 0.15) is 17.3 Å². The Morgan fingerprint density at radius 3 is 2.16 bits per heavy atom. The van der Waals surface area contributed by atoms with Crippen LogP contribution < -0.4 is 24.3 Å². The number of rotatable bonds is 9. The van der Waals surface area contributed by atoms with Crippen molar-refractivity contribution in [3.05, 3.63) is 72.0 Å². The summed E-state index contributed by atoms with van der Waals surface area (Å²) >= 11 is 0. The van der Waals surface area contributed by atoms with E-state index in [1.807, 2.05) is 24.3 Å². The number of nitrogens with one attached hydrogen (secondary N) is 1. The van der Waals surface area contributed by atoms with Crippen molar-refractivity contribution in [3.63, 3.8) is 0 Å². The van der Waals surface area contributed by atoms with Crippen LogP contribution >= 0.6 is 0 Å². The smallest absolute Gasteiger partial charge is 0.224 e. The van der Waals surface area contributed by atoms with Gasteiger partial charge in [-0.25, -0.2) is 4.39 Å². The summed E-state index contributed by atoms with van der Waals surface area (Å²) in [6.07, 6.45) is 0.799. The van der Waals surface area contributed by atoms with Crippen LogP contribution in [-0.4, -0.2) is 27.2 Å². The first kappa shape index (κ1) is 22.0. The highest BCUT2D eigenvalue weighted by molar-refractivity contribution is 5.91. The molecule has 0 atom stereocenters. The lowest BCUT2D eigenvalue weighted by atomic mass is 10.1. The van der Waals surface area contributed by atoms with Gasteiger partial charge in [-0.15, -0.1) is 0 Å². The maximum atomic E-state index is 13.0. The monoisotopic (exact) mass is 425 g/mol. The Hall–Kier alpha value is -3.74. The predicted molar refractivity (Wildman–Crippen MR) is 116 cm³/mol. The van der Waals surface area contributed by atoms with Crippen LogP contribution in [0.25, 0.3) is 0 Å². The molecule has 0 bridgehead atoms. The van der Waals surface area contributed by atoms with Crippen molar-refractivity contribution in [2.45, 2.75) is 12.8 Å². The van der Waals surface area contributed by atoms with Crippen molar-refractivity contribution in [3.8, 4) is 28.7 Å². The summed E-state index contributed by atoms with van der Waals surface area (Å²) in [5, 5.41) is 2.85. The Balaban J connectivity index is 1.61. The molecule has 3 aromatic rings. The van der Waals surface area contributed by atoms with Crippen molar-refractivity contribution in [2.24, 2.45) is 0 Å². The summed E-state index contributed by atoms with van der Waals surface area (Å²) < 4.78 is 34.7. The third kappa shape index (κ3) is 5.88. The fraction of sp³-hybridized carbons (Fsp3) is 0.208. The first-order valence-electron chi connectivity index (χ1n) is 9.64. The highest BCUT2D eigenvalue weighted by atomic mass is 19.1. The van der Waals surface area contributed by atoms with Gasteiger partial charge in [0.2, 0.25) is 11.7 Å². The second-order valence-electron chi connectivity index (χ2n) is 6.67. The van der Waals surface area contributed by atoms with Gasteiger partial charge >= 0.3 is 0 Å². The van der Waals surface area contributed by atoms with Gasteiger partial charge < -0.3 is 24.3 Å². The van der Waals surface area contributed by atoms with Crippen LogP contribution in [0.2, 0.25) is 0 Å².